The van der Waals surface area contributed by atoms with Crippen LogP contribution >= 0.6 is 0 Å². The van der Waals surface area contributed by atoms with Crippen LogP contribution in [0.25, 0.3) is 0 Å². The number of ether oxygens (including phenoxy) is 1. The molecule has 0 heterocycles. The molecule has 26 heavy (non-hydrogen) atoms. The lowest BCUT2D eigenvalue weighted by molar-refractivity contribution is -0.119. The average Bonchev–Trinajstić information content (AvgIpc) is 2.59. The Kier molecular flexibility index (Phi) is 7.02. The van der Waals surface area contributed by atoms with Crippen LogP contribution in [0.2, 0.25) is 0 Å². The third-order valence-electron chi connectivity index (χ3n) is 3.44. The summed E-state index contributed by atoms with van der Waals surface area (Å²) in [5.41, 5.74) is 2.54. The van der Waals surface area contributed by atoms with Crippen molar-refractivity contribution in [3.63, 3.8) is 0 Å². The average molecular weight is 355 g/mol. The molecule has 0 radical (unpaired) electrons. The predicted molar refractivity (Wildman–Crippen MR) is 103 cm³/mol. The highest BCUT2D eigenvalue weighted by atomic mass is 16.5. The maximum atomic E-state index is 12.0. The first-order chi connectivity index (χ1) is 12.4. The summed E-state index contributed by atoms with van der Waals surface area (Å²) < 4.78 is 5.59. The molecule has 0 aliphatic heterocycles. The molecule has 2 rings (SSSR count). The van der Waals surface area contributed by atoms with E-state index in [9.17, 15) is 9.59 Å². The monoisotopic (exact) mass is 355 g/mol. The third-order valence-corrected chi connectivity index (χ3v) is 3.44. The van der Waals surface area contributed by atoms with Crippen LogP contribution in [0.4, 0.5) is 11.4 Å². The molecule has 0 aliphatic carbocycles. The molecule has 6 nitrogen and oxygen atoms in total. The van der Waals surface area contributed by atoms with E-state index in [2.05, 4.69) is 16.0 Å². The zero-order valence-corrected chi connectivity index (χ0v) is 15.3. The number of amides is 2. The molecule has 0 bridgehead atoms. The van der Waals surface area contributed by atoms with Crippen LogP contribution in [0.5, 0.6) is 5.75 Å². The summed E-state index contributed by atoms with van der Waals surface area (Å²) >= 11 is 0. The summed E-state index contributed by atoms with van der Waals surface area (Å²) in [7, 11) is 0. The van der Waals surface area contributed by atoms with Gasteiger partial charge >= 0.3 is 0 Å². The van der Waals surface area contributed by atoms with E-state index >= 15 is 0 Å². The molecule has 0 aliphatic rings. The topological polar surface area (TPSA) is 79.5 Å². The van der Waals surface area contributed by atoms with Crippen molar-refractivity contribution in [3.05, 3.63) is 54.1 Å². The van der Waals surface area contributed by atoms with Crippen LogP contribution in [0, 0.1) is 0 Å². The Labute approximate surface area is 153 Å². The SMILES string of the molecule is CC(=O)Nc1ccc(NCC(=O)NCc2ccc(OC(C)C)cc2)cc1. The molecule has 0 unspecified atom stereocenters. The van der Waals surface area contributed by atoms with E-state index in [4.69, 9.17) is 4.74 Å². The number of carbonyl (C=O) groups is 2. The number of carbonyl (C=O) groups excluding carboxylic acids is 2. The Bertz CT molecular complexity index is 725. The fourth-order valence-corrected chi connectivity index (χ4v) is 2.28. The van der Waals surface area contributed by atoms with Gasteiger partial charge in [0.1, 0.15) is 5.75 Å². The van der Waals surface area contributed by atoms with E-state index in [1.54, 1.807) is 12.1 Å². The first-order valence-electron chi connectivity index (χ1n) is 8.56. The maximum absolute atomic E-state index is 12.0. The second-order valence-electron chi connectivity index (χ2n) is 6.20. The Morgan fingerprint density at radius 2 is 1.58 bits per heavy atom. The van der Waals surface area contributed by atoms with Crippen LogP contribution in [0.3, 0.4) is 0 Å². The number of hydrogen-bond acceptors (Lipinski definition) is 4. The van der Waals surface area contributed by atoms with Gasteiger partial charge in [0.2, 0.25) is 11.8 Å². The molecule has 2 amide bonds. The van der Waals surface area contributed by atoms with Gasteiger partial charge in [-0.2, -0.15) is 0 Å². The van der Waals surface area contributed by atoms with Gasteiger partial charge in [-0.15, -0.1) is 0 Å². The summed E-state index contributed by atoms with van der Waals surface area (Å²) in [6, 6.07) is 14.9. The molecule has 2 aromatic rings. The van der Waals surface area contributed by atoms with E-state index < -0.39 is 0 Å². The first-order valence-corrected chi connectivity index (χ1v) is 8.56. The lowest BCUT2D eigenvalue weighted by atomic mass is 10.2. The van der Waals surface area contributed by atoms with Gasteiger partial charge < -0.3 is 20.7 Å². The Hall–Kier alpha value is -3.02. The summed E-state index contributed by atoms with van der Waals surface area (Å²) in [4.78, 5) is 22.9. The molecule has 0 fully saturated rings. The van der Waals surface area contributed by atoms with Gasteiger partial charge in [0.15, 0.2) is 0 Å². The van der Waals surface area contributed by atoms with Crippen LogP contribution in [0.1, 0.15) is 26.3 Å². The van der Waals surface area contributed by atoms with Gasteiger partial charge in [0.05, 0.1) is 12.6 Å². The normalized spacial score (nSPS) is 10.3. The van der Waals surface area contributed by atoms with Crippen molar-refractivity contribution in [1.82, 2.24) is 5.32 Å². The lowest BCUT2D eigenvalue weighted by Crippen LogP contribution is -2.29. The van der Waals surface area contributed by atoms with E-state index in [-0.39, 0.29) is 24.5 Å². The number of benzene rings is 2. The molecular formula is C20H25N3O3. The van der Waals surface area contributed by atoms with Crippen molar-refractivity contribution < 1.29 is 14.3 Å². The third kappa shape index (κ3) is 6.84. The van der Waals surface area contributed by atoms with Gasteiger partial charge in [-0.05, 0) is 55.8 Å². The van der Waals surface area contributed by atoms with Gasteiger partial charge in [-0.1, -0.05) is 12.1 Å². The van der Waals surface area contributed by atoms with E-state index in [1.165, 1.54) is 6.92 Å². The molecule has 0 spiro atoms. The highest BCUT2D eigenvalue weighted by Crippen LogP contribution is 2.14. The van der Waals surface area contributed by atoms with E-state index in [1.807, 2.05) is 50.2 Å². The van der Waals surface area contributed by atoms with Crippen molar-refractivity contribution in [2.24, 2.45) is 0 Å². The molecule has 0 saturated carbocycles. The molecule has 0 saturated heterocycles. The zero-order valence-electron chi connectivity index (χ0n) is 15.3. The summed E-state index contributed by atoms with van der Waals surface area (Å²) in [5, 5.41) is 8.61. The zero-order chi connectivity index (χ0) is 18.9. The first kappa shape index (κ1) is 19.3. The van der Waals surface area contributed by atoms with Crippen LogP contribution in [-0.4, -0.2) is 24.5 Å². The van der Waals surface area contributed by atoms with Crippen molar-refractivity contribution in [3.8, 4) is 5.75 Å². The molecule has 0 atom stereocenters. The number of nitrogens with one attached hydrogen (secondary N) is 3. The second-order valence-corrected chi connectivity index (χ2v) is 6.20. The van der Waals surface area contributed by atoms with Gasteiger partial charge in [0.25, 0.3) is 0 Å². The molecule has 3 N–H and O–H groups in total. The van der Waals surface area contributed by atoms with Crippen molar-refractivity contribution in [2.45, 2.75) is 33.4 Å². The highest BCUT2D eigenvalue weighted by molar-refractivity contribution is 5.88. The van der Waals surface area contributed by atoms with Gasteiger partial charge in [0, 0.05) is 24.8 Å². The number of anilines is 2. The van der Waals surface area contributed by atoms with Gasteiger partial charge in [-0.3, -0.25) is 9.59 Å². The maximum Gasteiger partial charge on any atom is 0.239 e. The van der Waals surface area contributed by atoms with Gasteiger partial charge in [-0.25, -0.2) is 0 Å². The van der Waals surface area contributed by atoms with Crippen LogP contribution in [-0.2, 0) is 16.1 Å². The summed E-state index contributed by atoms with van der Waals surface area (Å²) in [6.45, 7) is 6.06. The minimum atomic E-state index is -0.117. The Morgan fingerprint density at radius 3 is 2.15 bits per heavy atom. The van der Waals surface area contributed by atoms with E-state index in [0.29, 0.717) is 6.54 Å². The molecule has 0 aromatic heterocycles. The molecule has 138 valence electrons. The number of hydrogen-bond donors (Lipinski definition) is 3. The summed E-state index contributed by atoms with van der Waals surface area (Å²) in [6.07, 6.45) is 0.138. The fourth-order valence-electron chi connectivity index (χ4n) is 2.28. The standard InChI is InChI=1S/C20H25N3O3/c1-14(2)26-19-10-4-16(5-11-19)12-22-20(25)13-21-17-6-8-18(9-7-17)23-15(3)24/h4-11,14,21H,12-13H2,1-3H3,(H,22,25)(H,23,24). The minimum Gasteiger partial charge on any atom is -0.491 e. The number of rotatable bonds is 8. The van der Waals surface area contributed by atoms with Crippen molar-refractivity contribution in [2.75, 3.05) is 17.2 Å². The van der Waals surface area contributed by atoms with Crippen molar-refractivity contribution >= 4 is 23.2 Å². The predicted octanol–water partition coefficient (Wildman–Crippen LogP) is 3.16. The highest BCUT2D eigenvalue weighted by Gasteiger charge is 2.03. The Balaban J connectivity index is 1.74. The largest absolute Gasteiger partial charge is 0.491 e. The lowest BCUT2D eigenvalue weighted by Gasteiger charge is -2.11. The smallest absolute Gasteiger partial charge is 0.239 e. The van der Waals surface area contributed by atoms with Crippen molar-refractivity contribution in [1.29, 1.82) is 0 Å². The Morgan fingerprint density at radius 1 is 0.962 bits per heavy atom. The molecule has 2 aromatic carbocycles. The summed E-state index contributed by atoms with van der Waals surface area (Å²) in [5.74, 6) is 0.604. The molecular weight excluding hydrogens is 330 g/mol. The van der Waals surface area contributed by atoms with Crippen LogP contribution < -0.4 is 20.7 Å². The van der Waals surface area contributed by atoms with E-state index in [0.717, 1.165) is 22.7 Å². The second kappa shape index (κ2) is 9.46. The van der Waals surface area contributed by atoms with Crippen LogP contribution in [0.15, 0.2) is 48.5 Å². The quantitative estimate of drug-likeness (QED) is 0.680. The minimum absolute atomic E-state index is 0.0987. The molecule has 6 heteroatoms. The fraction of sp³-hybridized carbons (Fsp3) is 0.300.